The zero-order valence-corrected chi connectivity index (χ0v) is 10.3. The van der Waals surface area contributed by atoms with Gasteiger partial charge in [0, 0.05) is 0 Å². The van der Waals surface area contributed by atoms with E-state index in [2.05, 4.69) is 22.2 Å². The van der Waals surface area contributed by atoms with Crippen molar-refractivity contribution in [2.24, 2.45) is 0 Å². The molecular formula is C11H19N3O2. The molecule has 0 saturated heterocycles. The third-order valence-electron chi connectivity index (χ3n) is 2.40. The molecule has 0 spiro atoms. The minimum Gasteiger partial charge on any atom is -0.480 e. The number of methoxy groups -OCH3 is 2. The molecule has 1 N–H and O–H groups in total. The van der Waals surface area contributed by atoms with Gasteiger partial charge in [0.05, 0.1) is 26.5 Å². The van der Waals surface area contributed by atoms with Gasteiger partial charge in [0.1, 0.15) is 5.69 Å². The molecule has 0 amide bonds. The number of aromatic nitrogens is 2. The average molecular weight is 225 g/mol. The van der Waals surface area contributed by atoms with Gasteiger partial charge in [0.15, 0.2) is 0 Å². The van der Waals surface area contributed by atoms with Crippen LogP contribution in [0.3, 0.4) is 0 Å². The highest BCUT2D eigenvalue weighted by Crippen LogP contribution is 2.25. The fourth-order valence-corrected chi connectivity index (χ4v) is 1.56. The minimum atomic E-state index is 0.165. The maximum Gasteiger partial charge on any atom is 0.240 e. The van der Waals surface area contributed by atoms with Crippen LogP contribution in [0.2, 0.25) is 0 Å². The van der Waals surface area contributed by atoms with Crippen molar-refractivity contribution in [3.63, 3.8) is 0 Å². The van der Waals surface area contributed by atoms with Gasteiger partial charge < -0.3 is 14.8 Å². The van der Waals surface area contributed by atoms with Gasteiger partial charge in [-0.3, -0.25) is 0 Å². The third kappa shape index (κ3) is 2.82. The normalized spacial score (nSPS) is 12.2. The number of rotatable bonds is 6. The Labute approximate surface area is 96.2 Å². The molecule has 1 unspecified atom stereocenters. The maximum atomic E-state index is 5.22. The van der Waals surface area contributed by atoms with Crippen molar-refractivity contribution in [1.82, 2.24) is 15.3 Å². The van der Waals surface area contributed by atoms with Crippen LogP contribution in [-0.2, 0) is 0 Å². The highest BCUT2D eigenvalue weighted by atomic mass is 16.5. The van der Waals surface area contributed by atoms with Crippen LogP contribution < -0.4 is 14.8 Å². The van der Waals surface area contributed by atoms with Crippen LogP contribution in [0.25, 0.3) is 0 Å². The van der Waals surface area contributed by atoms with Crippen molar-refractivity contribution in [2.45, 2.75) is 25.8 Å². The summed E-state index contributed by atoms with van der Waals surface area (Å²) in [6.45, 7) is 2.13. The van der Waals surface area contributed by atoms with E-state index in [0.29, 0.717) is 11.8 Å². The van der Waals surface area contributed by atoms with Gasteiger partial charge in [-0.15, -0.1) is 0 Å². The number of nitrogens with one attached hydrogen (secondary N) is 1. The number of nitrogens with zero attached hydrogens (tertiary/aromatic N) is 2. The molecule has 0 bridgehead atoms. The van der Waals surface area contributed by atoms with Gasteiger partial charge in [0.2, 0.25) is 11.8 Å². The second-order valence-electron chi connectivity index (χ2n) is 3.44. The van der Waals surface area contributed by atoms with E-state index in [-0.39, 0.29) is 6.04 Å². The van der Waals surface area contributed by atoms with Crippen molar-refractivity contribution in [2.75, 3.05) is 21.3 Å². The molecule has 1 aromatic heterocycles. The summed E-state index contributed by atoms with van der Waals surface area (Å²) >= 11 is 0. The predicted octanol–water partition coefficient (Wildman–Crippen LogP) is 1.55. The topological polar surface area (TPSA) is 56.3 Å². The minimum absolute atomic E-state index is 0.165. The highest BCUT2D eigenvalue weighted by Gasteiger charge is 2.17. The molecule has 1 rings (SSSR count). The maximum absolute atomic E-state index is 5.22. The van der Waals surface area contributed by atoms with Gasteiger partial charge in [-0.25, -0.2) is 4.98 Å². The van der Waals surface area contributed by atoms with Gasteiger partial charge in [-0.1, -0.05) is 13.3 Å². The van der Waals surface area contributed by atoms with Crippen molar-refractivity contribution < 1.29 is 9.47 Å². The molecule has 0 aliphatic carbocycles. The molecule has 0 aliphatic heterocycles. The van der Waals surface area contributed by atoms with E-state index in [4.69, 9.17) is 9.47 Å². The molecule has 90 valence electrons. The zero-order valence-electron chi connectivity index (χ0n) is 10.3. The molecular weight excluding hydrogens is 206 g/mol. The molecule has 0 saturated carbocycles. The van der Waals surface area contributed by atoms with E-state index < -0.39 is 0 Å². The first-order valence-electron chi connectivity index (χ1n) is 5.39. The second-order valence-corrected chi connectivity index (χ2v) is 3.44. The summed E-state index contributed by atoms with van der Waals surface area (Å²) in [6, 6.07) is 0.165. The fraction of sp³-hybridized carbons (Fsp3) is 0.636. The SMILES string of the molecule is CCCC(NC)c1ncc(OC)nc1OC. The van der Waals surface area contributed by atoms with E-state index in [1.54, 1.807) is 20.4 Å². The fourth-order valence-electron chi connectivity index (χ4n) is 1.56. The molecule has 5 nitrogen and oxygen atoms in total. The van der Waals surface area contributed by atoms with E-state index >= 15 is 0 Å². The zero-order chi connectivity index (χ0) is 12.0. The van der Waals surface area contributed by atoms with Crippen LogP contribution in [0, 0.1) is 0 Å². The average Bonchev–Trinajstić information content (AvgIpc) is 2.35. The summed E-state index contributed by atoms with van der Waals surface area (Å²) in [5.41, 5.74) is 0.827. The number of ether oxygens (including phenoxy) is 2. The van der Waals surface area contributed by atoms with E-state index in [9.17, 15) is 0 Å². The summed E-state index contributed by atoms with van der Waals surface area (Å²) in [5.74, 6) is 0.985. The monoisotopic (exact) mass is 225 g/mol. The van der Waals surface area contributed by atoms with Crippen molar-refractivity contribution >= 4 is 0 Å². The Bertz CT molecular complexity index is 331. The van der Waals surface area contributed by atoms with Crippen molar-refractivity contribution in [1.29, 1.82) is 0 Å². The summed E-state index contributed by atoms with van der Waals surface area (Å²) in [7, 11) is 5.06. The van der Waals surface area contributed by atoms with Crippen molar-refractivity contribution in [3.8, 4) is 11.8 Å². The van der Waals surface area contributed by atoms with Crippen LogP contribution >= 0.6 is 0 Å². The lowest BCUT2D eigenvalue weighted by Crippen LogP contribution is -2.19. The lowest BCUT2D eigenvalue weighted by atomic mass is 10.1. The quantitative estimate of drug-likeness (QED) is 0.796. The summed E-state index contributed by atoms with van der Waals surface area (Å²) in [6.07, 6.45) is 3.67. The first-order chi connectivity index (χ1) is 7.76. The van der Waals surface area contributed by atoms with E-state index in [0.717, 1.165) is 18.5 Å². The molecule has 0 radical (unpaired) electrons. The summed E-state index contributed by atoms with van der Waals surface area (Å²) in [4.78, 5) is 8.55. The lowest BCUT2D eigenvalue weighted by Gasteiger charge is -2.16. The van der Waals surface area contributed by atoms with Gasteiger partial charge in [-0.2, -0.15) is 4.98 Å². The second kappa shape index (κ2) is 6.27. The molecule has 0 aromatic carbocycles. The Morgan fingerprint density at radius 3 is 2.62 bits per heavy atom. The van der Waals surface area contributed by atoms with E-state index in [1.165, 1.54) is 0 Å². The third-order valence-corrected chi connectivity index (χ3v) is 2.40. The highest BCUT2D eigenvalue weighted by molar-refractivity contribution is 5.25. The summed E-state index contributed by atoms with van der Waals surface area (Å²) in [5, 5.41) is 3.21. The Morgan fingerprint density at radius 1 is 1.38 bits per heavy atom. The lowest BCUT2D eigenvalue weighted by molar-refractivity contribution is 0.348. The Kier molecular flexibility index (Phi) is 4.98. The molecule has 1 aromatic rings. The smallest absolute Gasteiger partial charge is 0.240 e. The Balaban J connectivity index is 3.01. The van der Waals surface area contributed by atoms with Crippen LogP contribution in [0.5, 0.6) is 11.8 Å². The Hall–Kier alpha value is -1.36. The largest absolute Gasteiger partial charge is 0.480 e. The van der Waals surface area contributed by atoms with Crippen LogP contribution in [0.4, 0.5) is 0 Å². The molecule has 0 fully saturated rings. The molecule has 1 heterocycles. The van der Waals surface area contributed by atoms with Crippen LogP contribution in [0.1, 0.15) is 31.5 Å². The Morgan fingerprint density at radius 2 is 2.12 bits per heavy atom. The van der Waals surface area contributed by atoms with Gasteiger partial charge in [-0.05, 0) is 13.5 Å². The van der Waals surface area contributed by atoms with E-state index in [1.807, 2.05) is 7.05 Å². The van der Waals surface area contributed by atoms with Gasteiger partial charge >= 0.3 is 0 Å². The number of hydrogen-bond donors (Lipinski definition) is 1. The first kappa shape index (κ1) is 12.7. The van der Waals surface area contributed by atoms with Crippen molar-refractivity contribution in [3.05, 3.63) is 11.9 Å². The summed E-state index contributed by atoms with van der Waals surface area (Å²) < 4.78 is 10.2. The predicted molar refractivity (Wildman–Crippen MR) is 61.8 cm³/mol. The number of hydrogen-bond acceptors (Lipinski definition) is 5. The molecule has 16 heavy (non-hydrogen) atoms. The van der Waals surface area contributed by atoms with Crippen LogP contribution in [0.15, 0.2) is 6.20 Å². The standard InChI is InChI=1S/C11H19N3O2/c1-5-6-8(12-2)10-11(16-4)14-9(15-3)7-13-10/h7-8,12H,5-6H2,1-4H3. The molecule has 0 aliphatic rings. The van der Waals surface area contributed by atoms with Crippen LogP contribution in [-0.4, -0.2) is 31.2 Å². The molecule has 1 atom stereocenters. The molecule has 5 heteroatoms. The van der Waals surface area contributed by atoms with Gasteiger partial charge in [0.25, 0.3) is 0 Å². The first-order valence-corrected chi connectivity index (χ1v) is 5.39.